The molecule has 9 aromatic carbocycles. The Morgan fingerprint density at radius 2 is 0.982 bits per heavy atom. The molecule has 0 N–H and O–H groups in total. The molecule has 0 saturated carbocycles. The first kappa shape index (κ1) is 31.6. The summed E-state index contributed by atoms with van der Waals surface area (Å²) in [5.41, 5.74) is 11.8. The van der Waals surface area contributed by atoms with Crippen molar-refractivity contribution in [2.75, 3.05) is 4.90 Å². The standard InChI is InChI=1S/C52H34N2S/c1-3-12-35(13-4-1)36-22-27-40(28-23-36)53(42-31-32-49-47(34-42)45-18-9-10-21-48(45)54(49)39-15-5-2-6-16-39)41-29-24-38(25-30-41)44-19-11-20-46-51-43-17-8-7-14-37(43)26-33-50(51)55-52(44)46/h1-34H. The Balaban J connectivity index is 1.06. The van der Waals surface area contributed by atoms with Crippen molar-refractivity contribution in [1.82, 2.24) is 4.57 Å². The number of para-hydroxylation sites is 2. The van der Waals surface area contributed by atoms with E-state index in [1.54, 1.807) is 0 Å². The minimum absolute atomic E-state index is 1.11. The van der Waals surface area contributed by atoms with E-state index in [0.717, 1.165) is 22.7 Å². The van der Waals surface area contributed by atoms with Gasteiger partial charge in [0.05, 0.1) is 11.0 Å². The van der Waals surface area contributed by atoms with E-state index >= 15 is 0 Å². The smallest absolute Gasteiger partial charge is 0.0542 e. The Morgan fingerprint density at radius 3 is 1.76 bits per heavy atom. The molecule has 0 aliphatic rings. The first-order chi connectivity index (χ1) is 27.3. The van der Waals surface area contributed by atoms with Crippen LogP contribution >= 0.6 is 11.3 Å². The van der Waals surface area contributed by atoms with Crippen LogP contribution in [0.1, 0.15) is 0 Å². The second-order valence-corrected chi connectivity index (χ2v) is 15.2. The predicted octanol–water partition coefficient (Wildman–Crippen LogP) is 15.1. The van der Waals surface area contributed by atoms with Crippen molar-refractivity contribution < 1.29 is 0 Å². The Labute approximate surface area is 323 Å². The summed E-state index contributed by atoms with van der Waals surface area (Å²) in [6, 6.07) is 75.0. The topological polar surface area (TPSA) is 8.17 Å². The van der Waals surface area contributed by atoms with Crippen molar-refractivity contribution in [3.63, 3.8) is 0 Å². The molecule has 0 amide bonds. The molecular weight excluding hydrogens is 685 g/mol. The van der Waals surface area contributed by atoms with Crippen molar-refractivity contribution in [1.29, 1.82) is 0 Å². The highest BCUT2D eigenvalue weighted by atomic mass is 32.1. The summed E-state index contributed by atoms with van der Waals surface area (Å²) >= 11 is 1.89. The Bertz CT molecular complexity index is 3180. The van der Waals surface area contributed by atoms with Crippen molar-refractivity contribution in [3.8, 4) is 27.9 Å². The lowest BCUT2D eigenvalue weighted by Gasteiger charge is -2.26. The van der Waals surface area contributed by atoms with E-state index in [2.05, 4.69) is 216 Å². The molecule has 0 spiro atoms. The first-order valence-electron chi connectivity index (χ1n) is 18.8. The van der Waals surface area contributed by atoms with Crippen LogP contribution in [0, 0.1) is 0 Å². The zero-order valence-corrected chi connectivity index (χ0v) is 30.7. The molecule has 3 heteroatoms. The molecule has 2 nitrogen and oxygen atoms in total. The molecule has 2 heterocycles. The van der Waals surface area contributed by atoms with Gasteiger partial charge in [0.1, 0.15) is 0 Å². The van der Waals surface area contributed by atoms with E-state index < -0.39 is 0 Å². The van der Waals surface area contributed by atoms with Gasteiger partial charge < -0.3 is 9.47 Å². The molecule has 0 aliphatic heterocycles. The third-order valence-electron chi connectivity index (χ3n) is 11.0. The average Bonchev–Trinajstić information content (AvgIpc) is 3.81. The fraction of sp³-hybridized carbons (Fsp3) is 0. The van der Waals surface area contributed by atoms with Gasteiger partial charge in [-0.1, -0.05) is 140 Å². The van der Waals surface area contributed by atoms with Gasteiger partial charge in [0, 0.05) is 53.7 Å². The zero-order valence-electron chi connectivity index (χ0n) is 29.9. The molecule has 0 fully saturated rings. The summed E-state index contributed by atoms with van der Waals surface area (Å²) in [5, 5.41) is 7.73. The lowest BCUT2D eigenvalue weighted by molar-refractivity contribution is 1.18. The molecular formula is C52H34N2S. The van der Waals surface area contributed by atoms with Gasteiger partial charge in [-0.2, -0.15) is 0 Å². The van der Waals surface area contributed by atoms with Crippen molar-refractivity contribution >= 4 is 81.1 Å². The highest BCUT2D eigenvalue weighted by Crippen LogP contribution is 2.44. The highest BCUT2D eigenvalue weighted by molar-refractivity contribution is 7.26. The fourth-order valence-electron chi connectivity index (χ4n) is 8.42. The highest BCUT2D eigenvalue weighted by Gasteiger charge is 2.19. The van der Waals surface area contributed by atoms with Crippen LogP contribution in [-0.2, 0) is 0 Å². The molecule has 0 aliphatic carbocycles. The van der Waals surface area contributed by atoms with E-state index in [9.17, 15) is 0 Å². The number of nitrogens with zero attached hydrogens (tertiary/aromatic N) is 2. The second kappa shape index (κ2) is 12.9. The van der Waals surface area contributed by atoms with E-state index in [0.29, 0.717) is 0 Å². The van der Waals surface area contributed by atoms with Crippen LogP contribution in [0.15, 0.2) is 206 Å². The molecule has 0 bridgehead atoms. The third-order valence-corrected chi connectivity index (χ3v) is 12.2. The van der Waals surface area contributed by atoms with Gasteiger partial charge in [-0.15, -0.1) is 11.3 Å². The Kier molecular flexibility index (Phi) is 7.39. The number of fused-ring (bicyclic) bond motifs is 8. The molecule has 258 valence electrons. The monoisotopic (exact) mass is 718 g/mol. The fourth-order valence-corrected chi connectivity index (χ4v) is 9.68. The van der Waals surface area contributed by atoms with Gasteiger partial charge in [-0.25, -0.2) is 0 Å². The number of hydrogen-bond acceptors (Lipinski definition) is 2. The quantitative estimate of drug-likeness (QED) is 0.166. The Morgan fingerprint density at radius 1 is 0.382 bits per heavy atom. The van der Waals surface area contributed by atoms with Crippen molar-refractivity contribution in [2.45, 2.75) is 0 Å². The van der Waals surface area contributed by atoms with Gasteiger partial charge >= 0.3 is 0 Å². The van der Waals surface area contributed by atoms with Crippen LogP contribution in [0.4, 0.5) is 17.1 Å². The molecule has 2 aromatic heterocycles. The Hall–Kier alpha value is -6.94. The van der Waals surface area contributed by atoms with E-state index in [-0.39, 0.29) is 0 Å². The van der Waals surface area contributed by atoms with Crippen LogP contribution in [0.5, 0.6) is 0 Å². The second-order valence-electron chi connectivity index (χ2n) is 14.1. The van der Waals surface area contributed by atoms with Gasteiger partial charge in [0.25, 0.3) is 0 Å². The van der Waals surface area contributed by atoms with Crippen LogP contribution in [0.2, 0.25) is 0 Å². The summed E-state index contributed by atoms with van der Waals surface area (Å²) in [7, 11) is 0. The van der Waals surface area contributed by atoms with Gasteiger partial charge in [0.2, 0.25) is 0 Å². The largest absolute Gasteiger partial charge is 0.310 e. The van der Waals surface area contributed by atoms with Gasteiger partial charge in [-0.3, -0.25) is 0 Å². The number of benzene rings is 9. The molecule has 0 unspecified atom stereocenters. The lowest BCUT2D eigenvalue weighted by Crippen LogP contribution is -2.10. The van der Waals surface area contributed by atoms with Gasteiger partial charge in [0.15, 0.2) is 0 Å². The maximum Gasteiger partial charge on any atom is 0.0542 e. The lowest BCUT2D eigenvalue weighted by atomic mass is 9.99. The number of anilines is 3. The summed E-state index contributed by atoms with van der Waals surface area (Å²) < 4.78 is 5.03. The normalized spacial score (nSPS) is 11.6. The van der Waals surface area contributed by atoms with Crippen LogP contribution in [0.25, 0.3) is 80.7 Å². The number of hydrogen-bond donors (Lipinski definition) is 0. The minimum atomic E-state index is 1.11. The van der Waals surface area contributed by atoms with Crippen LogP contribution in [0.3, 0.4) is 0 Å². The molecule has 55 heavy (non-hydrogen) atoms. The minimum Gasteiger partial charge on any atom is -0.310 e. The summed E-state index contributed by atoms with van der Waals surface area (Å²) in [5.74, 6) is 0. The summed E-state index contributed by atoms with van der Waals surface area (Å²) in [4.78, 5) is 2.39. The third kappa shape index (κ3) is 5.24. The van der Waals surface area contributed by atoms with E-state index in [4.69, 9.17) is 0 Å². The molecule has 11 rings (SSSR count). The molecule has 0 atom stereocenters. The maximum absolute atomic E-state index is 2.39. The zero-order chi connectivity index (χ0) is 36.3. The predicted molar refractivity (Wildman–Crippen MR) is 237 cm³/mol. The van der Waals surface area contributed by atoms with E-state index in [1.165, 1.54) is 75.0 Å². The molecule has 0 radical (unpaired) electrons. The summed E-state index contributed by atoms with van der Waals surface area (Å²) in [6.07, 6.45) is 0. The van der Waals surface area contributed by atoms with Crippen molar-refractivity contribution in [2.24, 2.45) is 0 Å². The summed E-state index contributed by atoms with van der Waals surface area (Å²) in [6.45, 7) is 0. The van der Waals surface area contributed by atoms with Crippen LogP contribution in [-0.4, -0.2) is 4.57 Å². The number of thiophene rings is 1. The maximum atomic E-state index is 2.39. The molecule has 0 saturated heterocycles. The van der Waals surface area contributed by atoms with Crippen molar-refractivity contribution in [3.05, 3.63) is 206 Å². The van der Waals surface area contributed by atoms with Crippen LogP contribution < -0.4 is 4.90 Å². The SMILES string of the molecule is c1ccc(-c2ccc(N(c3ccc(-c4cccc5c4sc4ccc6ccccc6c45)cc3)c3ccc4c(c3)c3ccccc3n4-c3ccccc3)cc2)cc1. The number of rotatable bonds is 6. The number of aromatic nitrogens is 1. The first-order valence-corrected chi connectivity index (χ1v) is 19.6. The molecule has 11 aromatic rings. The average molecular weight is 719 g/mol. The van der Waals surface area contributed by atoms with Gasteiger partial charge in [-0.05, 0) is 99.8 Å². The van der Waals surface area contributed by atoms with E-state index in [1.807, 2.05) is 11.3 Å².